The SMILES string of the molecule is CCCCCCCCCCCCCCCC(=O)OC[C@H](COP(=O)(O)OC[C@H](O)COP(=O)(O)OC[C@@H](COC(=O)CCCCCCCCCCCCCCC(C)C)OC(=O)CCCCCCCCCCCCCCCCC(C)C)OC(=O)CCCCCCCCCCCCC(C)C. The number of carbonyl (C=O) groups excluding carboxylic acids is 4. The summed E-state index contributed by atoms with van der Waals surface area (Å²) >= 11 is 0. The minimum atomic E-state index is -4.96. The molecular formula is C79H154O17P2. The molecule has 5 atom stereocenters. The molecule has 0 spiro atoms. The average Bonchev–Trinajstić information content (AvgIpc) is 1.36. The molecule has 0 aliphatic rings. The van der Waals surface area contributed by atoms with Crippen molar-refractivity contribution < 1.29 is 80.2 Å². The molecule has 0 rings (SSSR count). The largest absolute Gasteiger partial charge is 0.472 e. The average molecular weight is 1440 g/mol. The number of hydrogen-bond donors (Lipinski definition) is 3. The molecule has 0 amide bonds. The molecule has 0 aromatic carbocycles. The fraction of sp³-hybridized carbons (Fsp3) is 0.949. The fourth-order valence-electron chi connectivity index (χ4n) is 12.1. The molecule has 17 nitrogen and oxygen atoms in total. The van der Waals surface area contributed by atoms with E-state index in [1.54, 1.807) is 0 Å². The Balaban J connectivity index is 5.27. The smallest absolute Gasteiger partial charge is 0.462 e. The number of aliphatic hydroxyl groups is 1. The second-order valence-corrected chi connectivity index (χ2v) is 32.8. The number of ether oxygens (including phenoxy) is 4. The molecule has 0 saturated carbocycles. The Hall–Kier alpha value is -1.94. The van der Waals surface area contributed by atoms with Crippen molar-refractivity contribution in [2.45, 2.75) is 426 Å². The molecule has 0 aromatic heterocycles. The quantitative estimate of drug-likeness (QED) is 0.0222. The molecule has 98 heavy (non-hydrogen) atoms. The van der Waals surface area contributed by atoms with Gasteiger partial charge in [-0.15, -0.1) is 0 Å². The molecule has 3 N–H and O–H groups in total. The highest BCUT2D eigenvalue weighted by Gasteiger charge is 2.30. The van der Waals surface area contributed by atoms with Crippen molar-refractivity contribution in [3.63, 3.8) is 0 Å². The molecular weight excluding hydrogens is 1280 g/mol. The van der Waals surface area contributed by atoms with E-state index in [0.29, 0.717) is 25.7 Å². The van der Waals surface area contributed by atoms with Gasteiger partial charge in [-0.2, -0.15) is 0 Å². The van der Waals surface area contributed by atoms with E-state index in [2.05, 4.69) is 48.5 Å². The van der Waals surface area contributed by atoms with Gasteiger partial charge in [0.15, 0.2) is 12.2 Å². The van der Waals surface area contributed by atoms with Gasteiger partial charge in [0, 0.05) is 25.7 Å². The van der Waals surface area contributed by atoms with Gasteiger partial charge in [0.1, 0.15) is 19.3 Å². The number of phosphoric acid groups is 2. The first-order chi connectivity index (χ1) is 47.2. The summed E-state index contributed by atoms with van der Waals surface area (Å²) in [7, 11) is -9.92. The van der Waals surface area contributed by atoms with Crippen LogP contribution in [0.2, 0.25) is 0 Å². The van der Waals surface area contributed by atoms with Gasteiger partial charge < -0.3 is 33.8 Å². The Morgan fingerprint density at radius 2 is 0.469 bits per heavy atom. The summed E-state index contributed by atoms with van der Waals surface area (Å²) in [4.78, 5) is 73.0. The maximum absolute atomic E-state index is 13.1. The standard InChI is InChI=1S/C79H154O17P2/c1-8-9-10-11-12-13-14-17-24-32-39-46-53-60-76(81)89-67-75(96-79(84)63-56-49-42-35-28-27-31-38-45-52-59-72(6)7)69-94-98(87,88)92-65-73(80)64-91-97(85,86)93-68-74(66-90-77(82)61-54-47-40-33-25-21-20-23-30-37-44-51-58-71(4)5)95-78(83)62-55-48-41-34-26-19-16-15-18-22-29-36-43-50-57-70(2)3/h70-75,80H,8-69H2,1-7H3,(H,85,86)(H,87,88)/t73-,74-,75-/m1/s1. The summed E-state index contributed by atoms with van der Waals surface area (Å²) in [6.45, 7) is 12.0. The van der Waals surface area contributed by atoms with Gasteiger partial charge in [0.2, 0.25) is 0 Å². The minimum absolute atomic E-state index is 0.106. The van der Waals surface area contributed by atoms with Crippen LogP contribution in [0.15, 0.2) is 0 Å². The first kappa shape index (κ1) is 96.1. The number of aliphatic hydroxyl groups excluding tert-OH is 1. The summed E-state index contributed by atoms with van der Waals surface area (Å²) in [5, 5.41) is 10.6. The molecule has 0 fully saturated rings. The maximum atomic E-state index is 13.1. The lowest BCUT2D eigenvalue weighted by molar-refractivity contribution is -0.161. The highest BCUT2D eigenvalue weighted by Crippen LogP contribution is 2.45. The van der Waals surface area contributed by atoms with Crippen molar-refractivity contribution in [2.75, 3.05) is 39.6 Å². The molecule has 0 heterocycles. The van der Waals surface area contributed by atoms with E-state index in [1.165, 1.54) is 218 Å². The fourth-order valence-corrected chi connectivity index (χ4v) is 13.7. The Morgan fingerprint density at radius 1 is 0.276 bits per heavy atom. The van der Waals surface area contributed by atoms with Crippen LogP contribution in [0.3, 0.4) is 0 Å². The first-order valence-electron chi connectivity index (χ1n) is 40.8. The topological polar surface area (TPSA) is 237 Å². The Morgan fingerprint density at radius 3 is 0.694 bits per heavy atom. The number of esters is 4. The normalized spacial score (nSPS) is 14.0. The van der Waals surface area contributed by atoms with E-state index >= 15 is 0 Å². The van der Waals surface area contributed by atoms with Crippen LogP contribution in [-0.2, 0) is 65.4 Å². The van der Waals surface area contributed by atoms with Crippen LogP contribution in [0, 0.1) is 17.8 Å². The van der Waals surface area contributed by atoms with Gasteiger partial charge in [-0.25, -0.2) is 9.13 Å². The Labute approximate surface area is 600 Å². The summed E-state index contributed by atoms with van der Waals surface area (Å²) in [6.07, 6.45) is 56.7. The van der Waals surface area contributed by atoms with Gasteiger partial charge in [-0.1, -0.05) is 357 Å². The third kappa shape index (κ3) is 72.4. The molecule has 2 unspecified atom stereocenters. The number of carbonyl (C=O) groups is 4. The lowest BCUT2D eigenvalue weighted by Crippen LogP contribution is -2.30. The highest BCUT2D eigenvalue weighted by atomic mass is 31.2. The highest BCUT2D eigenvalue weighted by molar-refractivity contribution is 7.47. The van der Waals surface area contributed by atoms with Gasteiger partial charge in [-0.05, 0) is 43.4 Å². The molecule has 0 radical (unpaired) electrons. The molecule has 0 aliphatic heterocycles. The molecule has 582 valence electrons. The molecule has 0 saturated heterocycles. The number of rotatable bonds is 77. The van der Waals surface area contributed by atoms with Crippen molar-refractivity contribution in [1.82, 2.24) is 0 Å². The number of hydrogen-bond acceptors (Lipinski definition) is 15. The van der Waals surface area contributed by atoms with E-state index in [1.807, 2.05) is 0 Å². The van der Waals surface area contributed by atoms with Crippen molar-refractivity contribution in [1.29, 1.82) is 0 Å². The van der Waals surface area contributed by atoms with Gasteiger partial charge in [0.05, 0.1) is 26.4 Å². The summed E-state index contributed by atoms with van der Waals surface area (Å²) in [5.74, 6) is 0.217. The molecule has 0 bridgehead atoms. The maximum Gasteiger partial charge on any atom is 0.472 e. The van der Waals surface area contributed by atoms with E-state index in [0.717, 1.165) is 108 Å². The van der Waals surface area contributed by atoms with Crippen LogP contribution in [0.4, 0.5) is 0 Å². The molecule has 19 heteroatoms. The Bertz CT molecular complexity index is 1900. The third-order valence-electron chi connectivity index (χ3n) is 18.4. The summed E-state index contributed by atoms with van der Waals surface area (Å²) in [6, 6.07) is 0. The second kappa shape index (κ2) is 69.4. The molecule has 0 aliphatic carbocycles. The van der Waals surface area contributed by atoms with E-state index in [4.69, 9.17) is 37.0 Å². The third-order valence-corrected chi connectivity index (χ3v) is 20.3. The van der Waals surface area contributed by atoms with Crippen molar-refractivity contribution in [3.8, 4) is 0 Å². The summed E-state index contributed by atoms with van der Waals surface area (Å²) < 4.78 is 68.7. The van der Waals surface area contributed by atoms with Gasteiger partial charge in [-0.3, -0.25) is 37.3 Å². The zero-order valence-corrected chi connectivity index (χ0v) is 66.0. The van der Waals surface area contributed by atoms with Crippen LogP contribution >= 0.6 is 15.6 Å². The van der Waals surface area contributed by atoms with Crippen LogP contribution < -0.4 is 0 Å². The van der Waals surface area contributed by atoms with Crippen LogP contribution in [-0.4, -0.2) is 96.7 Å². The monoisotopic (exact) mass is 1440 g/mol. The lowest BCUT2D eigenvalue weighted by Gasteiger charge is -2.21. The number of phosphoric ester groups is 2. The number of unbranched alkanes of at least 4 members (excludes halogenated alkanes) is 45. The lowest BCUT2D eigenvalue weighted by atomic mass is 10.0. The van der Waals surface area contributed by atoms with Gasteiger partial charge >= 0.3 is 39.5 Å². The summed E-state index contributed by atoms with van der Waals surface area (Å²) in [5.41, 5.74) is 0. The van der Waals surface area contributed by atoms with Crippen LogP contribution in [0.1, 0.15) is 408 Å². The van der Waals surface area contributed by atoms with Crippen LogP contribution in [0.5, 0.6) is 0 Å². The second-order valence-electron chi connectivity index (χ2n) is 29.9. The van der Waals surface area contributed by atoms with Crippen molar-refractivity contribution in [2.24, 2.45) is 17.8 Å². The zero-order valence-electron chi connectivity index (χ0n) is 64.3. The Kier molecular flexibility index (Phi) is 68.1. The zero-order chi connectivity index (χ0) is 72.3. The predicted molar refractivity (Wildman–Crippen MR) is 400 cm³/mol. The predicted octanol–water partition coefficient (Wildman–Crippen LogP) is 23.4. The van der Waals surface area contributed by atoms with Crippen molar-refractivity contribution >= 4 is 39.5 Å². The first-order valence-corrected chi connectivity index (χ1v) is 43.8. The van der Waals surface area contributed by atoms with Crippen LogP contribution in [0.25, 0.3) is 0 Å². The van der Waals surface area contributed by atoms with E-state index in [-0.39, 0.29) is 25.7 Å². The minimum Gasteiger partial charge on any atom is -0.462 e. The van der Waals surface area contributed by atoms with Crippen molar-refractivity contribution in [3.05, 3.63) is 0 Å². The van der Waals surface area contributed by atoms with E-state index < -0.39 is 97.5 Å². The molecule has 0 aromatic rings. The van der Waals surface area contributed by atoms with Gasteiger partial charge in [0.25, 0.3) is 0 Å². The van der Waals surface area contributed by atoms with E-state index in [9.17, 15) is 43.2 Å².